The molecule has 3 aromatic rings. The highest BCUT2D eigenvalue weighted by Gasteiger charge is 2.47. The van der Waals surface area contributed by atoms with Gasteiger partial charge in [0.2, 0.25) is 11.8 Å². The number of amides is 2. The molecule has 2 amide bonds. The summed E-state index contributed by atoms with van der Waals surface area (Å²) in [6.07, 6.45) is 3.41. The van der Waals surface area contributed by atoms with Gasteiger partial charge >= 0.3 is 5.97 Å². The van der Waals surface area contributed by atoms with Gasteiger partial charge in [0.15, 0.2) is 0 Å². The molecule has 3 atom stereocenters. The van der Waals surface area contributed by atoms with Crippen molar-refractivity contribution >= 4 is 29.2 Å². The number of anilines is 2. The Hall–Kier alpha value is -4.21. The average Bonchev–Trinajstić information content (AvgIpc) is 3.74. The van der Waals surface area contributed by atoms with Gasteiger partial charge in [-0.3, -0.25) is 19.3 Å². The molecule has 0 bridgehead atoms. The number of para-hydroxylation sites is 1. The second-order valence-corrected chi connectivity index (χ2v) is 14.6. The fourth-order valence-corrected chi connectivity index (χ4v) is 7.79. The van der Waals surface area contributed by atoms with E-state index in [1.165, 1.54) is 0 Å². The zero-order chi connectivity index (χ0) is 34.0. The van der Waals surface area contributed by atoms with Crippen molar-refractivity contribution in [2.75, 3.05) is 63.7 Å². The number of hydrogen-bond acceptors (Lipinski definition) is 5. The van der Waals surface area contributed by atoms with Gasteiger partial charge < -0.3 is 24.1 Å². The van der Waals surface area contributed by atoms with E-state index in [0.717, 1.165) is 69.7 Å². The predicted molar refractivity (Wildman–Crippen MR) is 187 cm³/mol. The lowest BCUT2D eigenvalue weighted by Gasteiger charge is -2.31. The average molecular weight is 654 g/mol. The van der Waals surface area contributed by atoms with Crippen LogP contribution in [0.5, 0.6) is 5.75 Å². The standard InChI is InChI=1S/C39H48N4O5/c1-5-6-18-41(31-12-9-10-27(21-31)26-43(2,3)4)37(45)25-40-24-32(28-14-15-35-30(22-28)17-20-48-35)38(39(46)47)34(40)16-19-42-33-13-8-7-11-29(33)23-36(42)44/h7-15,21-22,32,34,38H,5-6,16-20,23-26H2,1-4H3/p+1. The number of benzene rings is 3. The maximum Gasteiger partial charge on any atom is 0.308 e. The minimum absolute atomic E-state index is 0.0263. The van der Waals surface area contributed by atoms with Gasteiger partial charge in [-0.2, -0.15) is 0 Å². The van der Waals surface area contributed by atoms with Crippen molar-refractivity contribution in [3.8, 4) is 5.75 Å². The number of aliphatic carboxylic acids is 1. The third kappa shape index (κ3) is 7.27. The number of ether oxygens (including phenoxy) is 1. The number of nitrogens with zero attached hydrogens (tertiary/aromatic N) is 4. The molecule has 9 nitrogen and oxygen atoms in total. The Balaban J connectivity index is 1.30. The third-order valence-electron chi connectivity index (χ3n) is 10.0. The summed E-state index contributed by atoms with van der Waals surface area (Å²) >= 11 is 0. The van der Waals surface area contributed by atoms with Crippen molar-refractivity contribution in [3.63, 3.8) is 0 Å². The maximum atomic E-state index is 14.3. The van der Waals surface area contributed by atoms with Gasteiger partial charge in [0, 0.05) is 55.0 Å². The van der Waals surface area contributed by atoms with Crippen LogP contribution in [0.25, 0.3) is 0 Å². The van der Waals surface area contributed by atoms with Crippen LogP contribution in [0.1, 0.15) is 54.4 Å². The second-order valence-electron chi connectivity index (χ2n) is 14.6. The van der Waals surface area contributed by atoms with Gasteiger partial charge in [-0.1, -0.05) is 55.8 Å². The Labute approximate surface area is 284 Å². The number of carboxylic acids is 1. The molecule has 3 heterocycles. The molecule has 0 aromatic heterocycles. The molecule has 0 saturated carbocycles. The number of unbranched alkanes of at least 4 members (excludes halogenated alkanes) is 1. The largest absolute Gasteiger partial charge is 0.493 e. The van der Waals surface area contributed by atoms with Gasteiger partial charge in [0.05, 0.1) is 46.6 Å². The summed E-state index contributed by atoms with van der Waals surface area (Å²) in [6.45, 7) is 5.12. The first-order valence-electron chi connectivity index (χ1n) is 17.3. The molecule has 254 valence electrons. The van der Waals surface area contributed by atoms with Gasteiger partial charge in [0.25, 0.3) is 0 Å². The molecule has 0 spiro atoms. The van der Waals surface area contributed by atoms with Crippen molar-refractivity contribution in [1.29, 1.82) is 0 Å². The highest BCUT2D eigenvalue weighted by molar-refractivity contribution is 6.01. The zero-order valence-electron chi connectivity index (χ0n) is 28.7. The van der Waals surface area contributed by atoms with Crippen LogP contribution in [0.15, 0.2) is 66.7 Å². The number of hydrogen-bond donors (Lipinski definition) is 1. The summed E-state index contributed by atoms with van der Waals surface area (Å²) in [5.74, 6) is -1.06. The van der Waals surface area contributed by atoms with Crippen LogP contribution in [0.3, 0.4) is 0 Å². The van der Waals surface area contributed by atoms with E-state index in [1.54, 1.807) is 4.90 Å². The Morgan fingerprint density at radius 1 is 1.02 bits per heavy atom. The first-order chi connectivity index (χ1) is 23.0. The third-order valence-corrected chi connectivity index (χ3v) is 10.0. The minimum atomic E-state index is -0.874. The number of carboxylic acid groups (broad SMARTS) is 1. The van der Waals surface area contributed by atoms with E-state index in [-0.39, 0.29) is 24.3 Å². The number of fused-ring (bicyclic) bond motifs is 2. The zero-order valence-corrected chi connectivity index (χ0v) is 28.7. The van der Waals surface area contributed by atoms with Gasteiger partial charge in [-0.25, -0.2) is 0 Å². The molecule has 0 aliphatic carbocycles. The molecule has 3 aliphatic rings. The van der Waals surface area contributed by atoms with Crippen molar-refractivity contribution < 1.29 is 28.7 Å². The summed E-state index contributed by atoms with van der Waals surface area (Å²) < 4.78 is 6.52. The topological polar surface area (TPSA) is 90.4 Å². The molecule has 3 aromatic carbocycles. The lowest BCUT2D eigenvalue weighted by molar-refractivity contribution is -0.884. The molecule has 6 rings (SSSR count). The number of carbonyl (C=O) groups is 3. The van der Waals surface area contributed by atoms with Crippen molar-refractivity contribution in [2.45, 2.75) is 57.5 Å². The molecule has 1 N–H and O–H groups in total. The molecule has 3 unspecified atom stereocenters. The van der Waals surface area contributed by atoms with E-state index in [1.807, 2.05) is 53.4 Å². The summed E-state index contributed by atoms with van der Waals surface area (Å²) in [4.78, 5) is 46.3. The number of quaternary nitrogens is 1. The summed E-state index contributed by atoms with van der Waals surface area (Å²) in [5, 5.41) is 10.8. The molecule has 1 saturated heterocycles. The molecular weight excluding hydrogens is 604 g/mol. The Kier molecular flexibility index (Phi) is 9.90. The lowest BCUT2D eigenvalue weighted by Crippen LogP contribution is -2.46. The van der Waals surface area contributed by atoms with Crippen molar-refractivity contribution in [1.82, 2.24) is 4.90 Å². The van der Waals surface area contributed by atoms with E-state index in [9.17, 15) is 19.5 Å². The van der Waals surface area contributed by atoms with Crippen LogP contribution >= 0.6 is 0 Å². The summed E-state index contributed by atoms with van der Waals surface area (Å²) in [5.41, 5.74) is 5.99. The van der Waals surface area contributed by atoms with Crippen molar-refractivity contribution in [3.05, 3.63) is 89.0 Å². The molecule has 9 heteroatoms. The van der Waals surface area contributed by atoms with Gasteiger partial charge in [-0.05, 0) is 53.8 Å². The Morgan fingerprint density at radius 2 is 1.83 bits per heavy atom. The predicted octanol–water partition coefficient (Wildman–Crippen LogP) is 5.11. The molecule has 0 radical (unpaired) electrons. The molecule has 1 fully saturated rings. The van der Waals surface area contributed by atoms with Crippen LogP contribution in [-0.2, 0) is 33.8 Å². The Morgan fingerprint density at radius 3 is 2.60 bits per heavy atom. The normalized spacial score (nSPS) is 20.5. The highest BCUT2D eigenvalue weighted by Crippen LogP contribution is 2.42. The van der Waals surface area contributed by atoms with E-state index in [4.69, 9.17) is 4.74 Å². The van der Waals surface area contributed by atoms with E-state index in [2.05, 4.69) is 51.2 Å². The fourth-order valence-electron chi connectivity index (χ4n) is 7.79. The first kappa shape index (κ1) is 33.7. The quantitative estimate of drug-likeness (QED) is 0.258. The van der Waals surface area contributed by atoms with Crippen LogP contribution in [0.2, 0.25) is 0 Å². The molecular formula is C39H49N4O5+. The first-order valence-corrected chi connectivity index (χ1v) is 17.3. The Bertz CT molecular complexity index is 1670. The molecule has 48 heavy (non-hydrogen) atoms. The van der Waals surface area contributed by atoms with Gasteiger partial charge in [-0.15, -0.1) is 0 Å². The number of rotatable bonds is 13. The van der Waals surface area contributed by atoms with E-state index >= 15 is 0 Å². The second kappa shape index (κ2) is 14.1. The van der Waals surface area contributed by atoms with E-state index in [0.29, 0.717) is 39.1 Å². The maximum absolute atomic E-state index is 14.3. The number of likely N-dealkylation sites (tertiary alicyclic amines) is 1. The highest BCUT2D eigenvalue weighted by atomic mass is 16.5. The monoisotopic (exact) mass is 653 g/mol. The lowest BCUT2D eigenvalue weighted by atomic mass is 9.83. The summed E-state index contributed by atoms with van der Waals surface area (Å²) in [7, 11) is 6.45. The van der Waals surface area contributed by atoms with Crippen LogP contribution in [0, 0.1) is 5.92 Å². The van der Waals surface area contributed by atoms with E-state index < -0.39 is 17.9 Å². The summed E-state index contributed by atoms with van der Waals surface area (Å²) in [6, 6.07) is 21.6. The van der Waals surface area contributed by atoms with Crippen LogP contribution in [-0.4, -0.2) is 92.2 Å². The number of carbonyl (C=O) groups excluding carboxylic acids is 2. The SMILES string of the molecule is CCCCN(C(=O)CN1CC(c2ccc3c(c2)CCO3)C(C(=O)O)C1CCN1C(=O)Cc2ccccc21)c1cccc(C[N+](C)(C)C)c1. The minimum Gasteiger partial charge on any atom is -0.493 e. The van der Waals surface area contributed by atoms with Crippen LogP contribution in [0.4, 0.5) is 11.4 Å². The smallest absolute Gasteiger partial charge is 0.308 e. The van der Waals surface area contributed by atoms with Gasteiger partial charge in [0.1, 0.15) is 12.3 Å². The molecule has 3 aliphatic heterocycles. The van der Waals surface area contributed by atoms with Crippen molar-refractivity contribution in [2.24, 2.45) is 5.92 Å². The van der Waals surface area contributed by atoms with Crippen LogP contribution < -0.4 is 14.5 Å². The fraction of sp³-hybridized carbons (Fsp3) is 0.462.